The highest BCUT2D eigenvalue weighted by atomic mass is 32.2. The summed E-state index contributed by atoms with van der Waals surface area (Å²) in [7, 11) is -1.99. The van der Waals surface area contributed by atoms with E-state index < -0.39 is 10.0 Å². The van der Waals surface area contributed by atoms with Crippen LogP contribution in [0.25, 0.3) is 0 Å². The van der Waals surface area contributed by atoms with Crippen LogP contribution in [0, 0.1) is 5.82 Å². The van der Waals surface area contributed by atoms with E-state index in [-0.39, 0.29) is 24.7 Å². The summed E-state index contributed by atoms with van der Waals surface area (Å²) in [5, 5.41) is 2.85. The molecule has 0 aliphatic heterocycles. The van der Waals surface area contributed by atoms with Gasteiger partial charge in [0, 0.05) is 25.6 Å². The molecule has 0 atom stereocenters. The fourth-order valence-electron chi connectivity index (χ4n) is 3.38. The summed E-state index contributed by atoms with van der Waals surface area (Å²) in [6.45, 7) is 0.860. The monoisotopic (exact) mass is 500 g/mol. The molecule has 0 aromatic heterocycles. The third kappa shape index (κ3) is 8.29. The first-order valence-electron chi connectivity index (χ1n) is 11.1. The lowest BCUT2D eigenvalue weighted by Gasteiger charge is -2.22. The normalized spacial score (nSPS) is 11.1. The van der Waals surface area contributed by atoms with E-state index in [9.17, 15) is 17.6 Å². The van der Waals surface area contributed by atoms with Crippen molar-refractivity contribution in [2.45, 2.75) is 26.0 Å². The molecule has 1 N–H and O–H groups in total. The Morgan fingerprint density at radius 3 is 2.31 bits per heavy atom. The minimum atomic E-state index is -3.51. The Bertz CT molecular complexity index is 1220. The molecule has 0 spiro atoms. The number of sulfonamides is 1. The lowest BCUT2D eigenvalue weighted by molar-refractivity contribution is -0.121. The van der Waals surface area contributed by atoms with Crippen molar-refractivity contribution in [1.29, 1.82) is 0 Å². The fourth-order valence-corrected chi connectivity index (χ4v) is 4.33. The van der Waals surface area contributed by atoms with E-state index in [4.69, 9.17) is 9.47 Å². The zero-order chi connectivity index (χ0) is 25.3. The maximum Gasteiger partial charge on any atom is 0.232 e. The summed E-state index contributed by atoms with van der Waals surface area (Å²) in [6.07, 6.45) is 1.70. The van der Waals surface area contributed by atoms with Crippen LogP contribution in [-0.4, -0.2) is 34.2 Å². The van der Waals surface area contributed by atoms with Gasteiger partial charge in [-0.2, -0.15) is 0 Å². The molecular weight excluding hydrogens is 471 g/mol. The van der Waals surface area contributed by atoms with Crippen LogP contribution in [0.1, 0.15) is 24.0 Å². The van der Waals surface area contributed by atoms with Crippen molar-refractivity contribution in [2.24, 2.45) is 0 Å². The van der Waals surface area contributed by atoms with Crippen LogP contribution in [0.4, 0.5) is 10.1 Å². The third-order valence-electron chi connectivity index (χ3n) is 5.24. The molecule has 0 bridgehead atoms. The number of halogens is 1. The number of carbonyl (C=O) groups is 1. The van der Waals surface area contributed by atoms with Gasteiger partial charge in [0.25, 0.3) is 0 Å². The Labute approximate surface area is 205 Å². The van der Waals surface area contributed by atoms with Gasteiger partial charge in [0.05, 0.1) is 19.1 Å². The van der Waals surface area contributed by atoms with Gasteiger partial charge in [-0.05, 0) is 53.9 Å². The summed E-state index contributed by atoms with van der Waals surface area (Å²) in [6, 6.07) is 20.2. The Morgan fingerprint density at radius 2 is 1.66 bits per heavy atom. The van der Waals surface area contributed by atoms with Crippen molar-refractivity contribution in [2.75, 3.05) is 24.2 Å². The zero-order valence-corrected chi connectivity index (χ0v) is 20.6. The highest BCUT2D eigenvalue weighted by molar-refractivity contribution is 7.92. The molecule has 1 amide bonds. The molecule has 186 valence electrons. The molecule has 0 aliphatic rings. The summed E-state index contributed by atoms with van der Waals surface area (Å²) in [4.78, 5) is 12.3. The van der Waals surface area contributed by atoms with Crippen molar-refractivity contribution in [1.82, 2.24) is 5.32 Å². The minimum absolute atomic E-state index is 0.166. The summed E-state index contributed by atoms with van der Waals surface area (Å²) in [5.41, 5.74) is 2.26. The Balaban J connectivity index is 1.44. The molecular formula is C26H29FN2O5S. The second kappa shape index (κ2) is 12.2. The predicted molar refractivity (Wildman–Crippen MR) is 133 cm³/mol. The van der Waals surface area contributed by atoms with Gasteiger partial charge >= 0.3 is 0 Å². The number of hydrogen-bond acceptors (Lipinski definition) is 5. The highest BCUT2D eigenvalue weighted by Gasteiger charge is 2.18. The van der Waals surface area contributed by atoms with Gasteiger partial charge in [0.15, 0.2) is 0 Å². The smallest absolute Gasteiger partial charge is 0.232 e. The average Bonchev–Trinajstić information content (AvgIpc) is 2.85. The first-order chi connectivity index (χ1) is 16.7. The first kappa shape index (κ1) is 26.0. The Morgan fingerprint density at radius 1 is 0.971 bits per heavy atom. The van der Waals surface area contributed by atoms with E-state index in [1.807, 2.05) is 24.3 Å². The molecule has 3 aromatic rings. The number of methoxy groups -OCH3 is 1. The van der Waals surface area contributed by atoms with Crippen LogP contribution < -0.4 is 19.1 Å². The van der Waals surface area contributed by atoms with E-state index in [1.165, 1.54) is 23.5 Å². The van der Waals surface area contributed by atoms with Crippen LogP contribution in [-0.2, 0) is 28.0 Å². The van der Waals surface area contributed by atoms with E-state index in [0.29, 0.717) is 36.8 Å². The molecule has 0 aliphatic carbocycles. The molecule has 0 fully saturated rings. The third-order valence-corrected chi connectivity index (χ3v) is 6.43. The number of ether oxygens (including phenoxy) is 2. The van der Waals surface area contributed by atoms with Gasteiger partial charge in [-0.15, -0.1) is 0 Å². The molecule has 35 heavy (non-hydrogen) atoms. The minimum Gasteiger partial charge on any atom is -0.497 e. The maximum absolute atomic E-state index is 13.0. The van der Waals surface area contributed by atoms with Gasteiger partial charge in [-0.1, -0.05) is 30.3 Å². The SMILES string of the molecule is COc1cccc(N(CCCC(=O)NCc2ccc(OCc3ccc(F)cc3)cc2)S(C)(=O)=O)c1. The lowest BCUT2D eigenvalue weighted by Crippen LogP contribution is -2.32. The van der Waals surface area contributed by atoms with E-state index >= 15 is 0 Å². The molecule has 9 heteroatoms. The Hall–Kier alpha value is -3.59. The van der Waals surface area contributed by atoms with E-state index in [0.717, 1.165) is 17.4 Å². The molecule has 0 radical (unpaired) electrons. The molecule has 3 rings (SSSR count). The standard InChI is InChI=1S/C26H29FN2O5S/c1-33-25-6-3-5-23(17-25)29(35(2,31)32)16-4-7-26(30)28-18-20-10-14-24(15-11-20)34-19-21-8-12-22(27)13-9-21/h3,5-6,8-15,17H,4,7,16,18-19H2,1-2H3,(H,28,30). The van der Waals surface area contributed by atoms with Gasteiger partial charge in [-0.25, -0.2) is 12.8 Å². The van der Waals surface area contributed by atoms with E-state index in [2.05, 4.69) is 5.32 Å². The largest absolute Gasteiger partial charge is 0.497 e. The van der Waals surface area contributed by atoms with Crippen molar-refractivity contribution in [3.8, 4) is 11.5 Å². The van der Waals surface area contributed by atoms with Crippen molar-refractivity contribution in [3.05, 3.63) is 89.7 Å². The van der Waals surface area contributed by atoms with Crippen molar-refractivity contribution < 1.29 is 27.1 Å². The topological polar surface area (TPSA) is 84.9 Å². The van der Waals surface area contributed by atoms with Crippen LogP contribution >= 0.6 is 0 Å². The second-order valence-electron chi connectivity index (χ2n) is 7.98. The number of carbonyl (C=O) groups excluding carboxylic acids is 1. The number of anilines is 1. The van der Waals surface area contributed by atoms with Crippen molar-refractivity contribution >= 4 is 21.6 Å². The van der Waals surface area contributed by atoms with Gasteiger partial charge < -0.3 is 14.8 Å². The number of nitrogens with zero attached hydrogens (tertiary/aromatic N) is 1. The molecule has 7 nitrogen and oxygen atoms in total. The Kier molecular flexibility index (Phi) is 9.08. The molecule has 3 aromatic carbocycles. The second-order valence-corrected chi connectivity index (χ2v) is 9.88. The molecule has 0 saturated heterocycles. The summed E-state index contributed by atoms with van der Waals surface area (Å²) >= 11 is 0. The lowest BCUT2D eigenvalue weighted by atomic mass is 10.2. The number of nitrogens with one attached hydrogen (secondary N) is 1. The summed E-state index contributed by atoms with van der Waals surface area (Å²) in [5.74, 6) is 0.772. The average molecular weight is 501 g/mol. The quantitative estimate of drug-likeness (QED) is 0.401. The zero-order valence-electron chi connectivity index (χ0n) is 19.7. The molecule has 0 heterocycles. The van der Waals surface area contributed by atoms with Crippen LogP contribution in [0.3, 0.4) is 0 Å². The number of rotatable bonds is 12. The fraction of sp³-hybridized carbons (Fsp3) is 0.269. The van der Waals surface area contributed by atoms with Crippen molar-refractivity contribution in [3.63, 3.8) is 0 Å². The van der Waals surface area contributed by atoms with Crippen LogP contribution in [0.2, 0.25) is 0 Å². The predicted octanol–water partition coefficient (Wildman–Crippen LogP) is 4.28. The first-order valence-corrected chi connectivity index (χ1v) is 12.9. The van der Waals surface area contributed by atoms with Crippen LogP contribution in [0.15, 0.2) is 72.8 Å². The van der Waals surface area contributed by atoms with Gasteiger partial charge in [0.1, 0.15) is 23.9 Å². The number of amides is 1. The van der Waals surface area contributed by atoms with E-state index in [1.54, 1.807) is 36.4 Å². The molecule has 0 saturated carbocycles. The molecule has 0 unspecified atom stereocenters. The highest BCUT2D eigenvalue weighted by Crippen LogP contribution is 2.23. The number of benzene rings is 3. The van der Waals surface area contributed by atoms with Gasteiger partial charge in [-0.3, -0.25) is 9.10 Å². The summed E-state index contributed by atoms with van der Waals surface area (Å²) < 4.78 is 49.6. The van der Waals surface area contributed by atoms with Crippen LogP contribution in [0.5, 0.6) is 11.5 Å². The maximum atomic E-state index is 13.0. The number of hydrogen-bond donors (Lipinski definition) is 1. The van der Waals surface area contributed by atoms with Gasteiger partial charge in [0.2, 0.25) is 15.9 Å².